The Morgan fingerprint density at radius 2 is 2.45 bits per heavy atom. The first-order chi connectivity index (χ1) is 9.81. The third kappa shape index (κ3) is 3.03. The Kier molecular flexibility index (Phi) is 3.73. The first-order valence-electron chi connectivity index (χ1n) is 6.77. The summed E-state index contributed by atoms with van der Waals surface area (Å²) in [7, 11) is 0. The molecule has 0 unspecified atom stereocenters. The van der Waals surface area contributed by atoms with Gasteiger partial charge in [-0.3, -0.25) is 4.79 Å². The van der Waals surface area contributed by atoms with E-state index in [1.165, 1.54) is 6.33 Å². The minimum absolute atomic E-state index is 0.0420. The lowest BCUT2D eigenvalue weighted by atomic mass is 10.1. The van der Waals surface area contributed by atoms with Gasteiger partial charge in [-0.25, -0.2) is 9.67 Å². The van der Waals surface area contributed by atoms with Crippen LogP contribution in [-0.4, -0.2) is 33.3 Å². The first-order valence-corrected chi connectivity index (χ1v) is 6.77. The number of anilines is 1. The smallest absolute Gasteiger partial charge is 0.241 e. The van der Waals surface area contributed by atoms with E-state index in [2.05, 4.69) is 20.7 Å². The van der Waals surface area contributed by atoms with Crippen LogP contribution in [0.15, 0.2) is 36.9 Å². The van der Waals surface area contributed by atoms with Crippen molar-refractivity contribution in [2.24, 2.45) is 0 Å². The topological polar surface area (TPSA) is 71.8 Å². The third-order valence-corrected chi connectivity index (χ3v) is 3.38. The van der Waals surface area contributed by atoms with E-state index in [4.69, 9.17) is 0 Å². The van der Waals surface area contributed by atoms with Crippen molar-refractivity contribution in [3.8, 4) is 0 Å². The van der Waals surface area contributed by atoms with Crippen molar-refractivity contribution in [1.82, 2.24) is 20.1 Å². The Hall–Kier alpha value is -2.21. The lowest BCUT2D eigenvalue weighted by molar-refractivity contribution is -0.117. The molecule has 3 rings (SSSR count). The predicted molar refractivity (Wildman–Crippen MR) is 75.2 cm³/mol. The monoisotopic (exact) mass is 271 g/mol. The number of rotatable bonds is 4. The molecule has 2 aromatic rings. The molecule has 0 saturated carbocycles. The molecule has 2 N–H and O–H groups in total. The van der Waals surface area contributed by atoms with Crippen LogP contribution >= 0.6 is 0 Å². The Labute approximate surface area is 117 Å². The van der Waals surface area contributed by atoms with Gasteiger partial charge in [-0.2, -0.15) is 5.10 Å². The van der Waals surface area contributed by atoms with Crippen LogP contribution in [0.3, 0.4) is 0 Å². The minimum atomic E-state index is -0.0611. The van der Waals surface area contributed by atoms with Crippen molar-refractivity contribution in [3.05, 3.63) is 42.5 Å². The molecule has 0 spiro atoms. The lowest BCUT2D eigenvalue weighted by Gasteiger charge is -2.12. The van der Waals surface area contributed by atoms with E-state index >= 15 is 0 Å². The van der Waals surface area contributed by atoms with Crippen LogP contribution in [0.25, 0.3) is 0 Å². The molecular formula is C14H17N5O. The predicted octanol–water partition coefficient (Wildman–Crippen LogP) is 1.02. The van der Waals surface area contributed by atoms with E-state index in [-0.39, 0.29) is 11.9 Å². The SMILES string of the molecule is O=C(Nc1cccc(Cn2cncn2)c1)[C@H]1CCCN1. The van der Waals surface area contributed by atoms with Gasteiger partial charge in [-0.1, -0.05) is 12.1 Å². The fourth-order valence-electron chi connectivity index (χ4n) is 2.39. The second-order valence-corrected chi connectivity index (χ2v) is 4.93. The van der Waals surface area contributed by atoms with Crippen molar-refractivity contribution in [3.63, 3.8) is 0 Å². The molecule has 1 atom stereocenters. The Morgan fingerprint density at radius 1 is 1.50 bits per heavy atom. The molecule has 1 aliphatic heterocycles. The number of benzene rings is 1. The number of carbonyl (C=O) groups excluding carboxylic acids is 1. The van der Waals surface area contributed by atoms with Crippen molar-refractivity contribution in [2.45, 2.75) is 25.4 Å². The molecule has 2 heterocycles. The number of hydrogen-bond donors (Lipinski definition) is 2. The van der Waals surface area contributed by atoms with Gasteiger partial charge < -0.3 is 10.6 Å². The summed E-state index contributed by atoms with van der Waals surface area (Å²) in [5, 5.41) is 10.2. The molecule has 1 amide bonds. The van der Waals surface area contributed by atoms with Crippen LogP contribution in [0.5, 0.6) is 0 Å². The quantitative estimate of drug-likeness (QED) is 0.871. The molecule has 1 aromatic heterocycles. The summed E-state index contributed by atoms with van der Waals surface area (Å²) in [4.78, 5) is 16.0. The number of hydrogen-bond acceptors (Lipinski definition) is 4. The molecule has 6 heteroatoms. The fraction of sp³-hybridized carbons (Fsp3) is 0.357. The summed E-state index contributed by atoms with van der Waals surface area (Å²) in [5.41, 5.74) is 1.90. The Bertz CT molecular complexity index is 575. The van der Waals surface area contributed by atoms with E-state index in [1.807, 2.05) is 24.3 Å². The van der Waals surface area contributed by atoms with Gasteiger partial charge in [-0.15, -0.1) is 0 Å². The highest BCUT2D eigenvalue weighted by Gasteiger charge is 2.21. The van der Waals surface area contributed by atoms with Crippen LogP contribution in [0.2, 0.25) is 0 Å². The normalized spacial score (nSPS) is 18.1. The van der Waals surface area contributed by atoms with Crippen LogP contribution in [-0.2, 0) is 11.3 Å². The number of nitrogens with zero attached hydrogens (tertiary/aromatic N) is 3. The van der Waals surface area contributed by atoms with E-state index < -0.39 is 0 Å². The van der Waals surface area contributed by atoms with E-state index in [0.717, 1.165) is 30.6 Å². The number of amides is 1. The number of aromatic nitrogens is 3. The molecular weight excluding hydrogens is 254 g/mol. The average molecular weight is 271 g/mol. The molecule has 6 nitrogen and oxygen atoms in total. The second-order valence-electron chi connectivity index (χ2n) is 4.93. The summed E-state index contributed by atoms with van der Waals surface area (Å²) < 4.78 is 1.75. The van der Waals surface area contributed by atoms with Crippen LogP contribution in [0.4, 0.5) is 5.69 Å². The Morgan fingerprint density at radius 3 is 3.20 bits per heavy atom. The zero-order valence-corrected chi connectivity index (χ0v) is 11.1. The molecule has 20 heavy (non-hydrogen) atoms. The van der Waals surface area contributed by atoms with Gasteiger partial charge in [0.2, 0.25) is 5.91 Å². The summed E-state index contributed by atoms with van der Waals surface area (Å²) in [5.74, 6) is 0.0420. The Balaban J connectivity index is 1.66. The molecule has 0 aliphatic carbocycles. The maximum atomic E-state index is 12.0. The summed E-state index contributed by atoms with van der Waals surface area (Å²) in [6, 6.07) is 7.75. The summed E-state index contributed by atoms with van der Waals surface area (Å²) in [6.45, 7) is 1.57. The van der Waals surface area contributed by atoms with Gasteiger partial charge in [0.1, 0.15) is 12.7 Å². The van der Waals surface area contributed by atoms with Gasteiger partial charge >= 0.3 is 0 Å². The number of carbonyl (C=O) groups is 1. The molecule has 1 fully saturated rings. The lowest BCUT2D eigenvalue weighted by Crippen LogP contribution is -2.35. The maximum Gasteiger partial charge on any atom is 0.241 e. The largest absolute Gasteiger partial charge is 0.325 e. The van der Waals surface area contributed by atoms with Crippen LogP contribution in [0.1, 0.15) is 18.4 Å². The average Bonchev–Trinajstić information content (AvgIpc) is 3.12. The summed E-state index contributed by atoms with van der Waals surface area (Å²) >= 11 is 0. The van der Waals surface area contributed by atoms with Gasteiger partial charge in [0.25, 0.3) is 0 Å². The zero-order chi connectivity index (χ0) is 13.8. The summed E-state index contributed by atoms with van der Waals surface area (Å²) in [6.07, 6.45) is 5.15. The van der Waals surface area contributed by atoms with Gasteiger partial charge in [0.05, 0.1) is 12.6 Å². The molecule has 1 aliphatic rings. The highest BCUT2D eigenvalue weighted by atomic mass is 16.2. The molecule has 0 radical (unpaired) electrons. The molecule has 104 valence electrons. The van der Waals surface area contributed by atoms with E-state index in [1.54, 1.807) is 11.0 Å². The van der Waals surface area contributed by atoms with Crippen molar-refractivity contribution >= 4 is 11.6 Å². The van der Waals surface area contributed by atoms with Crippen LogP contribution < -0.4 is 10.6 Å². The standard InChI is InChI=1S/C14H17N5O/c20-14(13-5-2-6-16-13)18-12-4-1-3-11(7-12)8-19-10-15-9-17-19/h1,3-4,7,9-10,13,16H,2,5-6,8H2,(H,18,20)/t13-/m1/s1. The van der Waals surface area contributed by atoms with E-state index in [9.17, 15) is 4.79 Å². The highest BCUT2D eigenvalue weighted by Crippen LogP contribution is 2.14. The van der Waals surface area contributed by atoms with Gasteiger partial charge in [0.15, 0.2) is 0 Å². The molecule has 1 saturated heterocycles. The van der Waals surface area contributed by atoms with E-state index in [0.29, 0.717) is 6.54 Å². The van der Waals surface area contributed by atoms with Crippen molar-refractivity contribution in [2.75, 3.05) is 11.9 Å². The van der Waals surface area contributed by atoms with Crippen molar-refractivity contribution < 1.29 is 4.79 Å². The van der Waals surface area contributed by atoms with Gasteiger partial charge in [0, 0.05) is 5.69 Å². The van der Waals surface area contributed by atoms with Gasteiger partial charge in [-0.05, 0) is 37.1 Å². The highest BCUT2D eigenvalue weighted by molar-refractivity contribution is 5.95. The first kappa shape index (κ1) is 12.8. The molecule has 0 bridgehead atoms. The number of nitrogens with one attached hydrogen (secondary N) is 2. The van der Waals surface area contributed by atoms with Crippen LogP contribution in [0, 0.1) is 0 Å². The minimum Gasteiger partial charge on any atom is -0.325 e. The van der Waals surface area contributed by atoms with Crippen molar-refractivity contribution in [1.29, 1.82) is 0 Å². The molecule has 1 aromatic carbocycles. The maximum absolute atomic E-state index is 12.0. The second kappa shape index (κ2) is 5.83. The third-order valence-electron chi connectivity index (χ3n) is 3.38. The zero-order valence-electron chi connectivity index (χ0n) is 11.1. The fourth-order valence-corrected chi connectivity index (χ4v) is 2.39.